The van der Waals surface area contributed by atoms with Crippen molar-refractivity contribution >= 4 is 11.4 Å². The van der Waals surface area contributed by atoms with Gasteiger partial charge in [-0.05, 0) is 42.8 Å². The Balaban J connectivity index is 0.000000171. The van der Waals surface area contributed by atoms with E-state index in [-0.39, 0.29) is 0 Å². The zero-order chi connectivity index (χ0) is 12.5. The molecule has 0 aliphatic heterocycles. The summed E-state index contributed by atoms with van der Waals surface area (Å²) in [7, 11) is 0. The van der Waals surface area contributed by atoms with Gasteiger partial charge in [0, 0.05) is 11.4 Å². The average molecular weight is 229 g/mol. The van der Waals surface area contributed by atoms with Gasteiger partial charge in [0.05, 0.1) is 0 Å². The van der Waals surface area contributed by atoms with Gasteiger partial charge in [0.15, 0.2) is 0 Å². The van der Waals surface area contributed by atoms with Crippen LogP contribution in [0.3, 0.4) is 0 Å². The molecule has 6 N–H and O–H groups in total. The summed E-state index contributed by atoms with van der Waals surface area (Å²) >= 11 is 0. The largest absolute Gasteiger partial charge is 0.399 e. The van der Waals surface area contributed by atoms with Crippen molar-refractivity contribution < 1.29 is 0 Å². The van der Waals surface area contributed by atoms with E-state index in [9.17, 15) is 0 Å². The van der Waals surface area contributed by atoms with Crippen LogP contribution < -0.4 is 17.2 Å². The lowest BCUT2D eigenvalue weighted by Gasteiger charge is -1.93. The third-order valence-electron chi connectivity index (χ3n) is 2.21. The standard InChI is InChI=1S/C8H11N.C6H8N2/c9-7-6-8-4-2-1-3-5-8;7-5-1-2-6(8)4-3-5/h1-5H,6-7,9H2;1-4H,7-8H2. The van der Waals surface area contributed by atoms with Gasteiger partial charge in [-0.3, -0.25) is 0 Å². The van der Waals surface area contributed by atoms with Crippen molar-refractivity contribution in [3.63, 3.8) is 0 Å². The number of rotatable bonds is 2. The maximum atomic E-state index is 5.37. The van der Waals surface area contributed by atoms with Crippen LogP contribution in [0.4, 0.5) is 11.4 Å². The molecular formula is C14H19N3. The van der Waals surface area contributed by atoms with Crippen LogP contribution in [0.1, 0.15) is 5.56 Å². The van der Waals surface area contributed by atoms with Crippen LogP contribution in [0.2, 0.25) is 0 Å². The fourth-order valence-corrected chi connectivity index (χ4v) is 1.31. The first-order chi connectivity index (χ1) is 8.22. The second kappa shape index (κ2) is 7.30. The van der Waals surface area contributed by atoms with Crippen LogP contribution in [0.5, 0.6) is 0 Å². The van der Waals surface area contributed by atoms with Gasteiger partial charge in [-0.1, -0.05) is 30.3 Å². The lowest BCUT2D eigenvalue weighted by Crippen LogP contribution is -2.01. The van der Waals surface area contributed by atoms with Crippen LogP contribution in [0, 0.1) is 0 Å². The molecule has 2 aromatic rings. The highest BCUT2D eigenvalue weighted by atomic mass is 14.6. The van der Waals surface area contributed by atoms with E-state index in [1.54, 1.807) is 24.3 Å². The highest BCUT2D eigenvalue weighted by Crippen LogP contribution is 2.04. The normalized spacial score (nSPS) is 9.24. The van der Waals surface area contributed by atoms with Gasteiger partial charge in [-0.2, -0.15) is 0 Å². The maximum absolute atomic E-state index is 5.37. The van der Waals surface area contributed by atoms with Gasteiger partial charge >= 0.3 is 0 Å². The van der Waals surface area contributed by atoms with E-state index in [0.717, 1.165) is 24.3 Å². The van der Waals surface area contributed by atoms with Crippen molar-refractivity contribution in [1.82, 2.24) is 0 Å². The molecule has 0 saturated heterocycles. The molecule has 90 valence electrons. The van der Waals surface area contributed by atoms with Crippen LogP contribution in [0.15, 0.2) is 54.6 Å². The van der Waals surface area contributed by atoms with E-state index in [0.29, 0.717) is 0 Å². The van der Waals surface area contributed by atoms with Crippen molar-refractivity contribution in [2.45, 2.75) is 6.42 Å². The minimum atomic E-state index is 0.740. The Kier molecular flexibility index (Phi) is 5.61. The third-order valence-corrected chi connectivity index (χ3v) is 2.21. The van der Waals surface area contributed by atoms with E-state index < -0.39 is 0 Å². The quantitative estimate of drug-likeness (QED) is 0.689. The zero-order valence-electron chi connectivity index (χ0n) is 9.84. The number of nitrogen functional groups attached to an aromatic ring is 2. The van der Waals surface area contributed by atoms with Crippen molar-refractivity contribution in [2.75, 3.05) is 18.0 Å². The number of hydrogen-bond acceptors (Lipinski definition) is 3. The van der Waals surface area contributed by atoms with Crippen LogP contribution in [0.25, 0.3) is 0 Å². The second-order valence-electron chi connectivity index (χ2n) is 3.69. The van der Waals surface area contributed by atoms with Gasteiger partial charge < -0.3 is 17.2 Å². The molecule has 0 aliphatic rings. The van der Waals surface area contributed by atoms with Crippen LogP contribution in [-0.4, -0.2) is 6.54 Å². The van der Waals surface area contributed by atoms with Crippen molar-refractivity contribution in [2.24, 2.45) is 5.73 Å². The van der Waals surface area contributed by atoms with Gasteiger partial charge in [0.25, 0.3) is 0 Å². The van der Waals surface area contributed by atoms with Crippen molar-refractivity contribution in [3.8, 4) is 0 Å². The van der Waals surface area contributed by atoms with Gasteiger partial charge in [-0.15, -0.1) is 0 Å². The summed E-state index contributed by atoms with van der Waals surface area (Å²) in [5, 5.41) is 0. The number of hydrogen-bond donors (Lipinski definition) is 3. The molecule has 0 aromatic heterocycles. The molecule has 3 nitrogen and oxygen atoms in total. The van der Waals surface area contributed by atoms with E-state index in [2.05, 4.69) is 12.1 Å². The highest BCUT2D eigenvalue weighted by molar-refractivity contribution is 5.47. The van der Waals surface area contributed by atoms with Crippen molar-refractivity contribution in [1.29, 1.82) is 0 Å². The summed E-state index contributed by atoms with van der Waals surface area (Å²) in [4.78, 5) is 0. The first kappa shape index (κ1) is 13.1. The Morgan fingerprint density at radius 3 is 1.59 bits per heavy atom. The highest BCUT2D eigenvalue weighted by Gasteiger charge is 1.84. The molecule has 0 bridgehead atoms. The summed E-state index contributed by atoms with van der Waals surface area (Å²) in [5.41, 5.74) is 18.9. The molecule has 2 rings (SSSR count). The monoisotopic (exact) mass is 229 g/mol. The minimum absolute atomic E-state index is 0.740. The maximum Gasteiger partial charge on any atom is 0.0315 e. The van der Waals surface area contributed by atoms with E-state index in [4.69, 9.17) is 17.2 Å². The summed E-state index contributed by atoms with van der Waals surface area (Å²) in [6.45, 7) is 0.740. The SMILES string of the molecule is NCCc1ccccc1.Nc1ccc(N)cc1. The minimum Gasteiger partial charge on any atom is -0.399 e. The zero-order valence-corrected chi connectivity index (χ0v) is 9.84. The first-order valence-electron chi connectivity index (χ1n) is 5.57. The molecule has 0 heterocycles. The predicted octanol–water partition coefficient (Wildman–Crippen LogP) is 2.04. The van der Waals surface area contributed by atoms with Gasteiger partial charge in [-0.25, -0.2) is 0 Å². The predicted molar refractivity (Wildman–Crippen MR) is 74.5 cm³/mol. The average Bonchev–Trinajstić information content (AvgIpc) is 2.36. The fraction of sp³-hybridized carbons (Fsp3) is 0.143. The summed E-state index contributed by atoms with van der Waals surface area (Å²) < 4.78 is 0. The molecule has 0 fully saturated rings. The van der Waals surface area contributed by atoms with E-state index in [1.165, 1.54) is 5.56 Å². The molecule has 0 spiro atoms. The smallest absolute Gasteiger partial charge is 0.0315 e. The molecule has 0 amide bonds. The second-order valence-corrected chi connectivity index (χ2v) is 3.69. The van der Waals surface area contributed by atoms with Crippen LogP contribution >= 0.6 is 0 Å². The number of anilines is 2. The molecule has 0 unspecified atom stereocenters. The lowest BCUT2D eigenvalue weighted by molar-refractivity contribution is 0.969. The number of benzene rings is 2. The Labute approximate surface area is 102 Å². The van der Waals surface area contributed by atoms with E-state index >= 15 is 0 Å². The van der Waals surface area contributed by atoms with Gasteiger partial charge in [0.1, 0.15) is 0 Å². The van der Waals surface area contributed by atoms with Crippen LogP contribution in [-0.2, 0) is 6.42 Å². The molecule has 0 atom stereocenters. The molecular weight excluding hydrogens is 210 g/mol. The molecule has 2 aromatic carbocycles. The first-order valence-corrected chi connectivity index (χ1v) is 5.57. The Morgan fingerprint density at radius 2 is 1.18 bits per heavy atom. The summed E-state index contributed by atoms with van der Waals surface area (Å²) in [5.74, 6) is 0. The Morgan fingerprint density at radius 1 is 0.706 bits per heavy atom. The molecule has 0 saturated carbocycles. The Bertz CT molecular complexity index is 388. The lowest BCUT2D eigenvalue weighted by atomic mass is 10.2. The van der Waals surface area contributed by atoms with Crippen molar-refractivity contribution in [3.05, 3.63) is 60.2 Å². The molecule has 17 heavy (non-hydrogen) atoms. The van der Waals surface area contributed by atoms with E-state index in [1.807, 2.05) is 18.2 Å². The van der Waals surface area contributed by atoms with Gasteiger partial charge in [0.2, 0.25) is 0 Å². The number of nitrogens with two attached hydrogens (primary N) is 3. The third kappa shape index (κ3) is 5.58. The summed E-state index contributed by atoms with van der Waals surface area (Å²) in [6, 6.07) is 17.4. The molecule has 0 radical (unpaired) electrons. The fourth-order valence-electron chi connectivity index (χ4n) is 1.31. The topological polar surface area (TPSA) is 78.1 Å². The Hall–Kier alpha value is -2.00. The molecule has 3 heteroatoms. The summed E-state index contributed by atoms with van der Waals surface area (Å²) in [6.07, 6.45) is 0.987. The molecule has 0 aliphatic carbocycles.